The highest BCUT2D eigenvalue weighted by Gasteiger charge is 2.17. The van der Waals surface area contributed by atoms with Crippen molar-refractivity contribution in [2.24, 2.45) is 5.10 Å². The zero-order chi connectivity index (χ0) is 21.6. The second-order valence-electron chi connectivity index (χ2n) is 6.08. The van der Waals surface area contributed by atoms with Gasteiger partial charge in [0.25, 0.3) is 5.91 Å². The molecule has 1 N–H and O–H groups in total. The van der Waals surface area contributed by atoms with Crippen LogP contribution in [0.2, 0.25) is 0 Å². The Morgan fingerprint density at radius 3 is 2.58 bits per heavy atom. The van der Waals surface area contributed by atoms with Gasteiger partial charge in [0.1, 0.15) is 0 Å². The number of thiophene rings is 1. The van der Waals surface area contributed by atoms with Crippen LogP contribution in [0.1, 0.15) is 4.88 Å². The molecule has 0 aliphatic heterocycles. The Kier molecular flexibility index (Phi) is 7.28. The molecule has 0 spiro atoms. The molecule has 1 aromatic carbocycles. The first-order valence-corrected chi connectivity index (χ1v) is 12.3. The highest BCUT2D eigenvalue weighted by Crippen LogP contribution is 2.28. The quantitative estimate of drug-likeness (QED) is 0.186. The lowest BCUT2D eigenvalue weighted by molar-refractivity contribution is -0.118. The van der Waals surface area contributed by atoms with Crippen LogP contribution in [-0.2, 0) is 4.79 Å². The number of hydrazone groups is 1. The van der Waals surface area contributed by atoms with Gasteiger partial charge in [0.05, 0.1) is 15.8 Å². The molecule has 4 rings (SSSR count). The number of aromatic nitrogens is 4. The van der Waals surface area contributed by atoms with Crippen molar-refractivity contribution in [3.05, 3.63) is 74.1 Å². The van der Waals surface area contributed by atoms with Crippen LogP contribution in [-0.4, -0.2) is 37.6 Å². The third-order valence-electron chi connectivity index (χ3n) is 3.96. The number of nitrogens with one attached hydrogen (secondary N) is 1. The van der Waals surface area contributed by atoms with Gasteiger partial charge in [0.2, 0.25) is 0 Å². The average molecular weight is 578 g/mol. The van der Waals surface area contributed by atoms with E-state index in [-0.39, 0.29) is 11.7 Å². The molecular weight excluding hydrogens is 564 g/mol. The number of thioether (sulfide) groups is 1. The van der Waals surface area contributed by atoms with Crippen LogP contribution in [0.15, 0.2) is 79.4 Å². The summed E-state index contributed by atoms with van der Waals surface area (Å²) in [6.45, 7) is 0. The van der Waals surface area contributed by atoms with Crippen molar-refractivity contribution in [3.8, 4) is 17.1 Å². The van der Waals surface area contributed by atoms with Gasteiger partial charge < -0.3 is 0 Å². The number of benzene rings is 1. The first-order chi connectivity index (χ1) is 15.1. The summed E-state index contributed by atoms with van der Waals surface area (Å²) in [4.78, 5) is 17.3. The van der Waals surface area contributed by atoms with Gasteiger partial charge in [0.15, 0.2) is 11.0 Å². The van der Waals surface area contributed by atoms with E-state index in [4.69, 9.17) is 0 Å². The molecule has 0 fully saturated rings. The van der Waals surface area contributed by atoms with Crippen LogP contribution >= 0.6 is 55.0 Å². The van der Waals surface area contributed by atoms with E-state index in [1.807, 2.05) is 53.1 Å². The van der Waals surface area contributed by atoms with Crippen LogP contribution in [0.25, 0.3) is 17.1 Å². The lowest BCUT2D eigenvalue weighted by Crippen LogP contribution is -2.19. The molecule has 156 valence electrons. The molecule has 0 radical (unpaired) electrons. The van der Waals surface area contributed by atoms with E-state index in [0.29, 0.717) is 11.0 Å². The Morgan fingerprint density at radius 2 is 1.87 bits per heavy atom. The van der Waals surface area contributed by atoms with E-state index in [1.54, 1.807) is 18.6 Å². The van der Waals surface area contributed by atoms with Crippen LogP contribution in [0.3, 0.4) is 0 Å². The number of hydrogen-bond donors (Lipinski definition) is 1. The normalized spacial score (nSPS) is 11.2. The second kappa shape index (κ2) is 10.3. The van der Waals surface area contributed by atoms with Crippen molar-refractivity contribution in [3.63, 3.8) is 0 Å². The maximum Gasteiger partial charge on any atom is 0.250 e. The monoisotopic (exact) mass is 576 g/mol. The number of amides is 1. The molecule has 0 bridgehead atoms. The zero-order valence-electron chi connectivity index (χ0n) is 15.8. The maximum absolute atomic E-state index is 12.3. The van der Waals surface area contributed by atoms with E-state index < -0.39 is 0 Å². The van der Waals surface area contributed by atoms with Crippen molar-refractivity contribution in [1.82, 2.24) is 25.2 Å². The summed E-state index contributed by atoms with van der Waals surface area (Å²) >= 11 is 9.68. The van der Waals surface area contributed by atoms with Crippen LogP contribution < -0.4 is 5.43 Å². The topological polar surface area (TPSA) is 85.1 Å². The molecule has 0 saturated heterocycles. The van der Waals surface area contributed by atoms with Gasteiger partial charge in [-0.05, 0) is 64.5 Å². The molecule has 3 aromatic heterocycles. The maximum atomic E-state index is 12.3. The Labute approximate surface area is 203 Å². The molecule has 0 aliphatic carbocycles. The van der Waals surface area contributed by atoms with Gasteiger partial charge in [-0.2, -0.15) is 5.10 Å². The van der Waals surface area contributed by atoms with Crippen molar-refractivity contribution in [2.75, 3.05) is 5.75 Å². The number of carbonyl (C=O) groups excluding carboxylic acids is 1. The summed E-state index contributed by atoms with van der Waals surface area (Å²) in [6, 6.07) is 15.4. The Hall–Kier alpha value is -2.34. The third kappa shape index (κ3) is 5.67. The highest BCUT2D eigenvalue weighted by atomic mass is 79.9. The predicted molar refractivity (Wildman–Crippen MR) is 131 cm³/mol. The molecule has 7 nitrogen and oxygen atoms in total. The molecule has 0 saturated carbocycles. The van der Waals surface area contributed by atoms with E-state index >= 15 is 0 Å². The summed E-state index contributed by atoms with van der Waals surface area (Å²) < 4.78 is 3.90. The van der Waals surface area contributed by atoms with Crippen molar-refractivity contribution < 1.29 is 4.79 Å². The molecule has 4 aromatic rings. The standard InChI is InChI=1S/C20H14Br2N6OS2/c21-14-1-3-15(4-2-14)28-19(13-7-9-23-10-8-13)26-27-20(28)30-12-18(29)25-24-11-16-5-6-17(22)31-16/h1-11H,12H2,(H,25,29)/b24-11+. The second-order valence-corrected chi connectivity index (χ2v) is 10.4. The van der Waals surface area contributed by atoms with Crippen molar-refractivity contribution in [1.29, 1.82) is 0 Å². The van der Waals surface area contributed by atoms with Crippen molar-refractivity contribution >= 4 is 67.1 Å². The fourth-order valence-electron chi connectivity index (χ4n) is 2.60. The SMILES string of the molecule is O=C(CSc1nnc(-c2ccncc2)n1-c1ccc(Br)cc1)N/N=C/c1ccc(Br)s1. The summed E-state index contributed by atoms with van der Waals surface area (Å²) in [6.07, 6.45) is 5.03. The van der Waals surface area contributed by atoms with E-state index in [2.05, 4.69) is 57.6 Å². The molecule has 1 amide bonds. The van der Waals surface area contributed by atoms with Gasteiger partial charge in [0, 0.05) is 33.0 Å². The van der Waals surface area contributed by atoms with Gasteiger partial charge in [-0.1, -0.05) is 27.7 Å². The molecule has 0 unspecified atom stereocenters. The number of rotatable bonds is 7. The van der Waals surface area contributed by atoms with Crippen LogP contribution in [0, 0.1) is 0 Å². The number of halogens is 2. The Balaban J connectivity index is 1.51. The van der Waals surface area contributed by atoms with Crippen LogP contribution in [0.4, 0.5) is 0 Å². The van der Waals surface area contributed by atoms with E-state index in [1.165, 1.54) is 23.1 Å². The zero-order valence-corrected chi connectivity index (χ0v) is 20.6. The molecule has 0 aliphatic rings. The molecule has 11 heteroatoms. The van der Waals surface area contributed by atoms with Gasteiger partial charge in [-0.25, -0.2) is 5.43 Å². The number of carbonyl (C=O) groups is 1. The smallest absolute Gasteiger partial charge is 0.250 e. The summed E-state index contributed by atoms with van der Waals surface area (Å²) in [5.41, 5.74) is 4.32. The number of hydrogen-bond acceptors (Lipinski definition) is 7. The average Bonchev–Trinajstić information content (AvgIpc) is 3.39. The summed E-state index contributed by atoms with van der Waals surface area (Å²) in [5, 5.41) is 13.3. The minimum absolute atomic E-state index is 0.149. The summed E-state index contributed by atoms with van der Waals surface area (Å²) in [5.74, 6) is 0.595. The molecule has 3 heterocycles. The Bertz CT molecular complexity index is 1210. The van der Waals surface area contributed by atoms with Gasteiger partial charge >= 0.3 is 0 Å². The number of pyridine rings is 1. The first kappa shape index (κ1) is 21.9. The first-order valence-electron chi connectivity index (χ1n) is 8.92. The molecule has 0 atom stereocenters. The Morgan fingerprint density at radius 1 is 1.10 bits per heavy atom. The molecule has 31 heavy (non-hydrogen) atoms. The van der Waals surface area contributed by atoms with E-state index in [9.17, 15) is 4.79 Å². The predicted octanol–water partition coefficient (Wildman–Crippen LogP) is 5.16. The fourth-order valence-corrected chi connectivity index (χ4v) is 4.91. The third-order valence-corrected chi connectivity index (χ3v) is 6.98. The van der Waals surface area contributed by atoms with Gasteiger partial charge in [-0.15, -0.1) is 21.5 Å². The fraction of sp³-hybridized carbons (Fsp3) is 0.0500. The lowest BCUT2D eigenvalue weighted by atomic mass is 10.2. The minimum atomic E-state index is -0.229. The minimum Gasteiger partial charge on any atom is -0.272 e. The number of nitrogens with zero attached hydrogens (tertiary/aromatic N) is 5. The van der Waals surface area contributed by atoms with Crippen LogP contribution in [0.5, 0.6) is 0 Å². The van der Waals surface area contributed by atoms with Gasteiger partial charge in [-0.3, -0.25) is 14.3 Å². The lowest BCUT2D eigenvalue weighted by Gasteiger charge is -2.10. The molecular formula is C20H14Br2N6OS2. The highest BCUT2D eigenvalue weighted by molar-refractivity contribution is 9.11. The summed E-state index contributed by atoms with van der Waals surface area (Å²) in [7, 11) is 0. The van der Waals surface area contributed by atoms with Crippen molar-refractivity contribution in [2.45, 2.75) is 5.16 Å². The van der Waals surface area contributed by atoms with E-state index in [0.717, 1.165) is 24.4 Å². The largest absolute Gasteiger partial charge is 0.272 e.